The Balaban J connectivity index is 1.89. The number of nitrogens with zero attached hydrogens (tertiary/aromatic N) is 1. The second-order valence-corrected chi connectivity index (χ2v) is 6.23. The van der Waals surface area contributed by atoms with Crippen LogP contribution in [0.5, 0.6) is 0 Å². The van der Waals surface area contributed by atoms with Gasteiger partial charge in [0.2, 0.25) is 11.8 Å². The summed E-state index contributed by atoms with van der Waals surface area (Å²) in [5.41, 5.74) is 8.65. The lowest BCUT2D eigenvalue weighted by Crippen LogP contribution is -2.55. The summed E-state index contributed by atoms with van der Waals surface area (Å²) in [7, 11) is 0. The molecule has 0 aromatic heterocycles. The molecule has 1 aromatic carbocycles. The number of aryl methyl sites for hydroxylation is 1. The molecule has 1 atom stereocenters. The summed E-state index contributed by atoms with van der Waals surface area (Å²) in [6, 6.07) is 4.15. The number of hydrogen-bond acceptors (Lipinski definition) is 4. The number of imide groups is 1. The van der Waals surface area contributed by atoms with Gasteiger partial charge < -0.3 is 10.6 Å². The molecule has 0 radical (unpaired) electrons. The second-order valence-electron chi connectivity index (χ2n) is 5.83. The number of benzene rings is 1. The van der Waals surface area contributed by atoms with E-state index in [1.54, 1.807) is 0 Å². The lowest BCUT2D eigenvalue weighted by Gasteiger charge is -2.39. The summed E-state index contributed by atoms with van der Waals surface area (Å²) in [5.74, 6) is -0.811. The Hall–Kier alpha value is -1.59. The molecule has 2 heterocycles. The van der Waals surface area contributed by atoms with E-state index in [0.717, 1.165) is 29.9 Å². The van der Waals surface area contributed by atoms with Gasteiger partial charge in [-0.1, -0.05) is 11.6 Å². The zero-order valence-corrected chi connectivity index (χ0v) is 12.6. The summed E-state index contributed by atoms with van der Waals surface area (Å²) in [5, 5.41) is 2.97. The van der Waals surface area contributed by atoms with E-state index in [9.17, 15) is 9.59 Å². The lowest BCUT2D eigenvalue weighted by molar-refractivity contribution is -0.134. The van der Waals surface area contributed by atoms with Crippen LogP contribution in [0.3, 0.4) is 0 Å². The number of carbonyl (C=O) groups excluding carboxylic acids is 2. The van der Waals surface area contributed by atoms with Crippen LogP contribution in [-0.2, 0) is 9.59 Å². The Morgan fingerprint density at radius 3 is 2.62 bits per heavy atom. The molecule has 0 spiro atoms. The topological polar surface area (TPSA) is 75.4 Å². The Morgan fingerprint density at radius 2 is 2.05 bits per heavy atom. The molecule has 3 rings (SSSR count). The summed E-state index contributed by atoms with van der Waals surface area (Å²) in [6.07, 6.45) is 0.869. The molecule has 6 heteroatoms. The highest BCUT2D eigenvalue weighted by Crippen LogP contribution is 2.36. The Labute approximate surface area is 128 Å². The Kier molecular flexibility index (Phi) is 3.63. The minimum absolute atomic E-state index is 0.212. The molecule has 2 aliphatic rings. The first-order valence-corrected chi connectivity index (χ1v) is 7.47. The van der Waals surface area contributed by atoms with Crippen molar-refractivity contribution in [1.29, 1.82) is 0 Å². The highest BCUT2D eigenvalue weighted by molar-refractivity contribution is 6.32. The van der Waals surface area contributed by atoms with E-state index in [0.29, 0.717) is 17.9 Å². The van der Waals surface area contributed by atoms with E-state index < -0.39 is 0 Å². The number of rotatable bonds is 2. The Bertz CT molecular complexity index is 588. The molecule has 0 aliphatic carbocycles. The van der Waals surface area contributed by atoms with E-state index >= 15 is 0 Å². The quantitative estimate of drug-likeness (QED) is 0.808. The van der Waals surface area contributed by atoms with Crippen LogP contribution < -0.4 is 16.0 Å². The van der Waals surface area contributed by atoms with E-state index in [4.69, 9.17) is 17.3 Å². The maximum absolute atomic E-state index is 12.0. The van der Waals surface area contributed by atoms with Crippen molar-refractivity contribution in [2.75, 3.05) is 18.0 Å². The average molecular weight is 308 g/mol. The number of nitrogens with two attached hydrogens (primary N) is 1. The molecule has 2 aliphatic heterocycles. The Morgan fingerprint density at radius 1 is 1.33 bits per heavy atom. The molecule has 3 N–H and O–H groups in total. The van der Waals surface area contributed by atoms with E-state index in [1.165, 1.54) is 0 Å². The number of carbonyl (C=O) groups is 2. The van der Waals surface area contributed by atoms with Crippen LogP contribution in [0.25, 0.3) is 0 Å². The zero-order valence-electron chi connectivity index (χ0n) is 11.9. The summed E-state index contributed by atoms with van der Waals surface area (Å²) in [6.45, 7) is 3.61. The normalized spacial score (nSPS) is 23.0. The van der Waals surface area contributed by atoms with Crippen LogP contribution in [0.1, 0.15) is 29.9 Å². The van der Waals surface area contributed by atoms with Gasteiger partial charge in [-0.25, -0.2) is 0 Å². The minimum atomic E-state index is -0.345. The molecule has 21 heavy (non-hydrogen) atoms. The van der Waals surface area contributed by atoms with Crippen LogP contribution in [0.2, 0.25) is 5.02 Å². The highest BCUT2D eigenvalue weighted by Gasteiger charge is 2.31. The number of nitrogens with one attached hydrogen (secondary N) is 1. The largest absolute Gasteiger partial charge is 0.368 e. The molecule has 0 bridgehead atoms. The summed E-state index contributed by atoms with van der Waals surface area (Å²) < 4.78 is 0. The molecule has 2 amide bonds. The minimum Gasteiger partial charge on any atom is -0.368 e. The van der Waals surface area contributed by atoms with Crippen LogP contribution in [0.15, 0.2) is 12.1 Å². The molecule has 0 saturated carbocycles. The zero-order chi connectivity index (χ0) is 15.1. The van der Waals surface area contributed by atoms with Gasteiger partial charge in [0.25, 0.3) is 0 Å². The van der Waals surface area contributed by atoms with E-state index in [-0.39, 0.29) is 23.8 Å². The molecule has 5 nitrogen and oxygen atoms in total. The third-order valence-corrected chi connectivity index (χ3v) is 4.50. The van der Waals surface area contributed by atoms with Crippen LogP contribution in [-0.4, -0.2) is 30.9 Å². The van der Waals surface area contributed by atoms with E-state index in [1.807, 2.05) is 19.1 Å². The van der Waals surface area contributed by atoms with Gasteiger partial charge in [0.15, 0.2) is 0 Å². The standard InChI is InChI=1S/C15H18ClN3O2/c1-8-4-10(19-6-9(17)7-19)5-12(16)14(8)11-2-3-13(20)18-15(11)21/h4-5,9,11H,2-3,6-7,17H2,1H3,(H,18,20,21). The first-order chi connectivity index (χ1) is 9.95. The third-order valence-electron chi connectivity index (χ3n) is 4.18. The van der Waals surface area contributed by atoms with Crippen LogP contribution in [0.4, 0.5) is 5.69 Å². The van der Waals surface area contributed by atoms with Gasteiger partial charge in [-0.15, -0.1) is 0 Å². The molecular weight excluding hydrogens is 290 g/mol. The van der Waals surface area contributed by atoms with Crippen molar-refractivity contribution in [3.05, 3.63) is 28.3 Å². The predicted octanol–water partition coefficient (Wildman–Crippen LogP) is 1.32. The van der Waals surface area contributed by atoms with Crippen molar-refractivity contribution in [3.8, 4) is 0 Å². The molecular formula is C15H18ClN3O2. The molecule has 2 saturated heterocycles. The monoisotopic (exact) mass is 307 g/mol. The van der Waals surface area contributed by atoms with Gasteiger partial charge >= 0.3 is 0 Å². The summed E-state index contributed by atoms with van der Waals surface area (Å²) >= 11 is 6.41. The van der Waals surface area contributed by atoms with Crippen molar-refractivity contribution in [1.82, 2.24) is 5.32 Å². The first kappa shape index (κ1) is 14.4. The van der Waals surface area contributed by atoms with Crippen molar-refractivity contribution in [3.63, 3.8) is 0 Å². The fraction of sp³-hybridized carbons (Fsp3) is 0.467. The van der Waals surface area contributed by atoms with Crippen molar-refractivity contribution >= 4 is 29.1 Å². The van der Waals surface area contributed by atoms with Crippen molar-refractivity contribution in [2.45, 2.75) is 31.7 Å². The molecule has 112 valence electrons. The SMILES string of the molecule is Cc1cc(N2CC(N)C2)cc(Cl)c1C1CCC(=O)NC1=O. The van der Waals surface area contributed by atoms with Gasteiger partial charge in [0.05, 0.1) is 5.92 Å². The van der Waals surface area contributed by atoms with E-state index in [2.05, 4.69) is 10.2 Å². The maximum Gasteiger partial charge on any atom is 0.234 e. The van der Waals surface area contributed by atoms with Gasteiger partial charge in [-0.2, -0.15) is 0 Å². The molecule has 1 unspecified atom stereocenters. The average Bonchev–Trinajstić information content (AvgIpc) is 2.36. The number of piperidine rings is 1. The number of halogens is 1. The second kappa shape index (κ2) is 5.31. The van der Waals surface area contributed by atoms with Gasteiger partial charge in [-0.05, 0) is 36.6 Å². The highest BCUT2D eigenvalue weighted by atomic mass is 35.5. The number of anilines is 1. The van der Waals surface area contributed by atoms with Crippen LogP contribution >= 0.6 is 11.6 Å². The van der Waals surface area contributed by atoms with Gasteiger partial charge in [0.1, 0.15) is 0 Å². The van der Waals surface area contributed by atoms with Crippen molar-refractivity contribution in [2.24, 2.45) is 5.73 Å². The fourth-order valence-corrected chi connectivity index (χ4v) is 3.45. The maximum atomic E-state index is 12.0. The summed E-state index contributed by atoms with van der Waals surface area (Å²) in [4.78, 5) is 25.4. The molecule has 2 fully saturated rings. The number of amides is 2. The van der Waals surface area contributed by atoms with Gasteiger partial charge in [-0.3, -0.25) is 14.9 Å². The molecule has 1 aromatic rings. The third kappa shape index (κ3) is 2.63. The van der Waals surface area contributed by atoms with Crippen molar-refractivity contribution < 1.29 is 9.59 Å². The first-order valence-electron chi connectivity index (χ1n) is 7.10. The predicted molar refractivity (Wildman–Crippen MR) is 81.5 cm³/mol. The van der Waals surface area contributed by atoms with Crippen LogP contribution in [0, 0.1) is 6.92 Å². The smallest absolute Gasteiger partial charge is 0.234 e. The van der Waals surface area contributed by atoms with Gasteiger partial charge in [0, 0.05) is 36.3 Å². The lowest BCUT2D eigenvalue weighted by atomic mass is 9.87. The fourth-order valence-electron chi connectivity index (χ4n) is 3.05. The number of hydrogen-bond donors (Lipinski definition) is 2.